The van der Waals surface area contributed by atoms with Gasteiger partial charge in [0, 0.05) is 0 Å². The van der Waals surface area contributed by atoms with Crippen molar-refractivity contribution in [2.24, 2.45) is 10.2 Å². The summed E-state index contributed by atoms with van der Waals surface area (Å²) in [4.78, 5) is 29.4. The van der Waals surface area contributed by atoms with Crippen molar-refractivity contribution in [2.75, 3.05) is 0 Å². The molecule has 3 aromatic rings. The van der Waals surface area contributed by atoms with E-state index in [1.807, 2.05) is 0 Å². The number of hydrogen-bond donors (Lipinski definition) is 4. The Labute approximate surface area is 184 Å². The van der Waals surface area contributed by atoms with Gasteiger partial charge in [0.15, 0.2) is 0 Å². The molecule has 0 aliphatic rings. The molecule has 0 spiro atoms. The third kappa shape index (κ3) is 5.76. The first-order valence-electron chi connectivity index (χ1n) is 9.56. The quantitative estimate of drug-likeness (QED) is 0.351. The molecule has 0 unspecified atom stereocenters. The lowest BCUT2D eigenvalue weighted by Gasteiger charge is -2.09. The number of hydrazone groups is 2. The zero-order valence-corrected chi connectivity index (χ0v) is 17.4. The van der Waals surface area contributed by atoms with Crippen molar-refractivity contribution in [3.05, 3.63) is 88.2 Å². The Bertz CT molecular complexity index is 1100. The standard InChI is InChI=1S/C23H21N5O4/c1-14-20(22(31)27-24-12-16-3-7-18(29)8-4-16)11-21(15(2)26-14)23(32)28-25-13-17-5-9-19(30)10-6-17/h3-13,29-30H,1-2H3,(H,27,31)(H,28,32)/b24-12-,25-13-. The Kier molecular flexibility index (Phi) is 6.92. The molecule has 9 heteroatoms. The molecule has 0 aliphatic heterocycles. The molecule has 0 bridgehead atoms. The first-order valence-corrected chi connectivity index (χ1v) is 9.56. The van der Waals surface area contributed by atoms with Crippen molar-refractivity contribution >= 4 is 24.2 Å². The van der Waals surface area contributed by atoms with E-state index in [0.29, 0.717) is 22.5 Å². The lowest BCUT2D eigenvalue weighted by molar-refractivity contribution is 0.0954. The van der Waals surface area contributed by atoms with E-state index in [4.69, 9.17) is 0 Å². The van der Waals surface area contributed by atoms with Gasteiger partial charge < -0.3 is 10.2 Å². The maximum absolute atomic E-state index is 12.5. The van der Waals surface area contributed by atoms with Gasteiger partial charge in [0.1, 0.15) is 11.5 Å². The summed E-state index contributed by atoms with van der Waals surface area (Å²) in [5, 5.41) is 26.4. The second-order valence-electron chi connectivity index (χ2n) is 6.84. The number of aromatic nitrogens is 1. The van der Waals surface area contributed by atoms with Gasteiger partial charge in [0.2, 0.25) is 0 Å². The van der Waals surface area contributed by atoms with Crippen LogP contribution in [0.15, 0.2) is 64.8 Å². The van der Waals surface area contributed by atoms with Crippen LogP contribution in [0.25, 0.3) is 0 Å². The molecular weight excluding hydrogens is 410 g/mol. The SMILES string of the molecule is Cc1nc(C)c(C(=O)N/N=C\c2ccc(O)cc2)cc1C(=O)N/N=C\c1ccc(O)cc1. The molecule has 0 aliphatic carbocycles. The average Bonchev–Trinajstić information content (AvgIpc) is 2.76. The molecule has 32 heavy (non-hydrogen) atoms. The van der Waals surface area contributed by atoms with Crippen LogP contribution in [0.3, 0.4) is 0 Å². The fourth-order valence-electron chi connectivity index (χ4n) is 2.76. The van der Waals surface area contributed by atoms with E-state index in [-0.39, 0.29) is 22.6 Å². The highest BCUT2D eigenvalue weighted by Crippen LogP contribution is 2.13. The van der Waals surface area contributed by atoms with Gasteiger partial charge in [0.05, 0.1) is 34.9 Å². The van der Waals surface area contributed by atoms with Crippen molar-refractivity contribution in [2.45, 2.75) is 13.8 Å². The molecule has 2 amide bonds. The zero-order valence-electron chi connectivity index (χ0n) is 17.4. The van der Waals surface area contributed by atoms with Crippen LogP contribution >= 0.6 is 0 Å². The lowest BCUT2D eigenvalue weighted by Crippen LogP contribution is -2.23. The number of hydrogen-bond acceptors (Lipinski definition) is 7. The van der Waals surface area contributed by atoms with Gasteiger partial charge in [-0.05, 0) is 79.6 Å². The first kappa shape index (κ1) is 22.2. The Morgan fingerprint density at radius 1 is 0.750 bits per heavy atom. The van der Waals surface area contributed by atoms with Gasteiger partial charge in [0.25, 0.3) is 11.8 Å². The predicted molar refractivity (Wildman–Crippen MR) is 120 cm³/mol. The number of nitrogens with zero attached hydrogens (tertiary/aromatic N) is 3. The smallest absolute Gasteiger partial charge is 0.273 e. The van der Waals surface area contributed by atoms with E-state index in [9.17, 15) is 19.8 Å². The number of carbonyl (C=O) groups excluding carboxylic acids is 2. The third-order valence-electron chi connectivity index (χ3n) is 4.44. The number of benzene rings is 2. The van der Waals surface area contributed by atoms with Crippen LogP contribution in [0, 0.1) is 13.8 Å². The normalized spacial score (nSPS) is 11.1. The molecule has 162 valence electrons. The minimum Gasteiger partial charge on any atom is -0.508 e. The number of amides is 2. The molecule has 2 aromatic carbocycles. The van der Waals surface area contributed by atoms with Gasteiger partial charge in [-0.25, -0.2) is 10.9 Å². The van der Waals surface area contributed by atoms with E-state index < -0.39 is 11.8 Å². The topological polar surface area (TPSA) is 136 Å². The van der Waals surface area contributed by atoms with Gasteiger partial charge in [-0.1, -0.05) is 0 Å². The van der Waals surface area contributed by atoms with Crippen molar-refractivity contribution in [1.29, 1.82) is 0 Å². The molecule has 0 radical (unpaired) electrons. The summed E-state index contributed by atoms with van der Waals surface area (Å²) >= 11 is 0. The highest BCUT2D eigenvalue weighted by molar-refractivity contribution is 6.01. The number of nitrogens with one attached hydrogen (secondary N) is 2. The van der Waals surface area contributed by atoms with Gasteiger partial charge in [-0.15, -0.1) is 0 Å². The monoisotopic (exact) mass is 431 g/mol. The van der Waals surface area contributed by atoms with Crippen molar-refractivity contribution in [3.8, 4) is 11.5 Å². The van der Waals surface area contributed by atoms with Crippen LogP contribution < -0.4 is 10.9 Å². The predicted octanol–water partition coefficient (Wildman–Crippen LogP) is 2.64. The summed E-state index contributed by atoms with van der Waals surface area (Å²) in [6, 6.07) is 14.0. The van der Waals surface area contributed by atoms with Crippen LogP contribution in [-0.4, -0.2) is 39.4 Å². The van der Waals surface area contributed by atoms with Crippen molar-refractivity contribution < 1.29 is 19.8 Å². The van der Waals surface area contributed by atoms with Crippen molar-refractivity contribution in [1.82, 2.24) is 15.8 Å². The van der Waals surface area contributed by atoms with Crippen LogP contribution in [0.4, 0.5) is 0 Å². The minimum atomic E-state index is -0.522. The van der Waals surface area contributed by atoms with Crippen LogP contribution in [-0.2, 0) is 0 Å². The Morgan fingerprint density at radius 3 is 1.50 bits per heavy atom. The number of pyridine rings is 1. The zero-order chi connectivity index (χ0) is 23.1. The van der Waals surface area contributed by atoms with Crippen molar-refractivity contribution in [3.63, 3.8) is 0 Å². The van der Waals surface area contributed by atoms with E-state index >= 15 is 0 Å². The van der Waals surface area contributed by atoms with Gasteiger partial charge in [-0.3, -0.25) is 14.6 Å². The fraction of sp³-hybridized carbons (Fsp3) is 0.0870. The summed E-state index contributed by atoms with van der Waals surface area (Å²) in [6.07, 6.45) is 2.86. The van der Waals surface area contributed by atoms with Gasteiger partial charge >= 0.3 is 0 Å². The molecule has 1 aromatic heterocycles. The molecule has 0 fully saturated rings. The van der Waals surface area contributed by atoms with Crippen LogP contribution in [0.2, 0.25) is 0 Å². The number of carbonyl (C=O) groups is 2. The third-order valence-corrected chi connectivity index (χ3v) is 4.44. The Balaban J connectivity index is 1.69. The summed E-state index contributed by atoms with van der Waals surface area (Å²) in [5.41, 5.74) is 7.48. The second-order valence-corrected chi connectivity index (χ2v) is 6.84. The first-order chi connectivity index (χ1) is 15.3. The van der Waals surface area contributed by atoms with E-state index in [1.54, 1.807) is 38.1 Å². The molecule has 4 N–H and O–H groups in total. The van der Waals surface area contributed by atoms with Gasteiger partial charge in [-0.2, -0.15) is 10.2 Å². The molecular formula is C23H21N5O4. The largest absolute Gasteiger partial charge is 0.508 e. The highest BCUT2D eigenvalue weighted by Gasteiger charge is 2.17. The molecule has 0 saturated heterocycles. The summed E-state index contributed by atoms with van der Waals surface area (Å²) in [5.74, 6) is -0.783. The van der Waals surface area contributed by atoms with Crippen LogP contribution in [0.1, 0.15) is 43.2 Å². The number of aryl methyl sites for hydroxylation is 2. The number of aromatic hydroxyl groups is 2. The summed E-state index contributed by atoms with van der Waals surface area (Å²) in [7, 11) is 0. The maximum atomic E-state index is 12.5. The lowest BCUT2D eigenvalue weighted by atomic mass is 10.1. The molecule has 0 saturated carbocycles. The number of phenols is 2. The van der Waals surface area contributed by atoms with E-state index in [1.165, 1.54) is 42.8 Å². The maximum Gasteiger partial charge on any atom is 0.273 e. The fourth-order valence-corrected chi connectivity index (χ4v) is 2.76. The molecule has 0 atom stereocenters. The highest BCUT2D eigenvalue weighted by atomic mass is 16.3. The second kappa shape index (κ2) is 9.98. The summed E-state index contributed by atoms with van der Waals surface area (Å²) < 4.78 is 0. The van der Waals surface area contributed by atoms with E-state index in [0.717, 1.165) is 0 Å². The van der Waals surface area contributed by atoms with E-state index in [2.05, 4.69) is 26.0 Å². The van der Waals surface area contributed by atoms with Crippen LogP contribution in [0.5, 0.6) is 11.5 Å². The Hall–Kier alpha value is -4.53. The minimum absolute atomic E-state index is 0.130. The number of phenolic OH excluding ortho intramolecular Hbond substituents is 2. The average molecular weight is 431 g/mol. The molecule has 9 nitrogen and oxygen atoms in total. The molecule has 1 heterocycles. The summed E-state index contributed by atoms with van der Waals surface area (Å²) in [6.45, 7) is 3.33. The number of rotatable bonds is 6. The molecule has 3 rings (SSSR count). The Morgan fingerprint density at radius 2 is 1.12 bits per heavy atom.